The molecule has 30 heavy (non-hydrogen) atoms. The van der Waals surface area contributed by atoms with Crippen molar-refractivity contribution >= 4 is 5.82 Å². The monoisotopic (exact) mass is 408 g/mol. The van der Waals surface area contributed by atoms with Crippen LogP contribution in [-0.4, -0.2) is 51.3 Å². The topological polar surface area (TPSA) is 79.1 Å². The van der Waals surface area contributed by atoms with E-state index in [1.54, 1.807) is 16.9 Å². The van der Waals surface area contributed by atoms with Gasteiger partial charge in [0.05, 0.1) is 11.4 Å². The molecule has 5 rings (SSSR count). The lowest BCUT2D eigenvalue weighted by atomic mass is 10.0. The van der Waals surface area contributed by atoms with Gasteiger partial charge in [-0.1, -0.05) is 27.7 Å². The molecule has 2 aliphatic heterocycles. The molecule has 3 aromatic rings. The molecular formula is C23H32N6O. The summed E-state index contributed by atoms with van der Waals surface area (Å²) in [7, 11) is 0. The fourth-order valence-electron chi connectivity index (χ4n) is 3.98. The summed E-state index contributed by atoms with van der Waals surface area (Å²) in [5.74, 6) is 2.52. The van der Waals surface area contributed by atoms with E-state index < -0.39 is 0 Å². The zero-order chi connectivity index (χ0) is 21.5. The maximum atomic E-state index is 10.4. The first kappa shape index (κ1) is 21.8. The highest BCUT2D eigenvalue weighted by Crippen LogP contribution is 2.32. The van der Waals surface area contributed by atoms with Gasteiger partial charge in [-0.3, -0.25) is 0 Å². The summed E-state index contributed by atoms with van der Waals surface area (Å²) in [6.45, 7) is 12.3. The van der Waals surface area contributed by atoms with Gasteiger partial charge in [-0.05, 0) is 42.2 Å². The number of phenols is 1. The normalized spacial score (nSPS) is 19.4. The molecule has 2 aliphatic rings. The number of rotatable bonds is 3. The van der Waals surface area contributed by atoms with Crippen molar-refractivity contribution < 1.29 is 5.11 Å². The zero-order valence-electron chi connectivity index (χ0n) is 18.3. The van der Waals surface area contributed by atoms with Gasteiger partial charge in [0.25, 0.3) is 0 Å². The molecule has 2 unspecified atom stereocenters. The molecule has 0 saturated carbocycles. The van der Waals surface area contributed by atoms with Crippen LogP contribution in [0.2, 0.25) is 0 Å². The van der Waals surface area contributed by atoms with Crippen molar-refractivity contribution in [3.8, 4) is 22.7 Å². The Kier molecular flexibility index (Phi) is 7.41. The summed E-state index contributed by atoms with van der Waals surface area (Å²) >= 11 is 0. The maximum Gasteiger partial charge on any atom is 0.151 e. The predicted octanol–water partition coefficient (Wildman–Crippen LogP) is 3.74. The van der Waals surface area contributed by atoms with Crippen LogP contribution in [-0.2, 0) is 0 Å². The Morgan fingerprint density at radius 1 is 0.967 bits per heavy atom. The van der Waals surface area contributed by atoms with Crippen molar-refractivity contribution in [2.45, 2.75) is 27.7 Å². The van der Waals surface area contributed by atoms with E-state index in [0.29, 0.717) is 11.3 Å². The number of hydrogen-bond donors (Lipinski definition) is 2. The van der Waals surface area contributed by atoms with Crippen molar-refractivity contribution in [2.24, 2.45) is 11.8 Å². The van der Waals surface area contributed by atoms with Crippen LogP contribution in [0.5, 0.6) is 5.75 Å². The molecule has 2 fully saturated rings. The third-order valence-corrected chi connectivity index (χ3v) is 5.39. The first-order chi connectivity index (χ1) is 14.8. The molecule has 160 valence electrons. The molecule has 0 aliphatic carbocycles. The number of hydrogen-bond acceptors (Lipinski definition) is 6. The van der Waals surface area contributed by atoms with Crippen LogP contribution >= 0.6 is 0 Å². The van der Waals surface area contributed by atoms with Crippen LogP contribution in [0.4, 0.5) is 5.82 Å². The number of nitrogens with zero attached hydrogens (tertiary/aromatic N) is 5. The molecular weight excluding hydrogens is 376 g/mol. The van der Waals surface area contributed by atoms with E-state index >= 15 is 0 Å². The van der Waals surface area contributed by atoms with Crippen LogP contribution in [0.3, 0.4) is 0 Å². The van der Waals surface area contributed by atoms with Crippen molar-refractivity contribution in [3.05, 3.63) is 48.8 Å². The van der Waals surface area contributed by atoms with Gasteiger partial charge in [0, 0.05) is 50.2 Å². The largest absolute Gasteiger partial charge is 0.507 e. The maximum absolute atomic E-state index is 10.4. The van der Waals surface area contributed by atoms with Crippen molar-refractivity contribution in [2.75, 3.05) is 31.1 Å². The lowest BCUT2D eigenvalue weighted by Gasteiger charge is -2.18. The standard InChI is InChI=1S/C19H20N6O.2C2H6/c26-18-8-15(25-7-1-6-21-25)2-3-16(18)17-4-5-19(23-22-17)24-11-13-9-20-10-14(13)12-24;2*1-2/h1-8,13-14,20,26H,9-12H2;2*1-2H3. The summed E-state index contributed by atoms with van der Waals surface area (Å²) < 4.78 is 1.71. The molecule has 0 amide bonds. The minimum Gasteiger partial charge on any atom is -0.507 e. The van der Waals surface area contributed by atoms with E-state index in [2.05, 4.69) is 25.5 Å². The molecule has 7 nitrogen and oxygen atoms in total. The smallest absolute Gasteiger partial charge is 0.151 e. The Bertz CT molecular complexity index is 898. The summed E-state index contributed by atoms with van der Waals surface area (Å²) in [5.41, 5.74) is 2.14. The minimum absolute atomic E-state index is 0.168. The van der Waals surface area contributed by atoms with Gasteiger partial charge >= 0.3 is 0 Å². The summed E-state index contributed by atoms with van der Waals surface area (Å²) in [5, 5.41) is 26.8. The van der Waals surface area contributed by atoms with Crippen molar-refractivity contribution in [1.29, 1.82) is 0 Å². The van der Waals surface area contributed by atoms with Crippen LogP contribution < -0.4 is 10.2 Å². The van der Waals surface area contributed by atoms with Crippen molar-refractivity contribution in [1.82, 2.24) is 25.3 Å². The molecule has 2 atom stereocenters. The highest BCUT2D eigenvalue weighted by Gasteiger charge is 2.36. The second-order valence-electron chi connectivity index (χ2n) is 7.01. The zero-order valence-corrected chi connectivity index (χ0v) is 18.3. The molecule has 0 bridgehead atoms. The molecule has 1 aromatic carbocycles. The second-order valence-corrected chi connectivity index (χ2v) is 7.01. The number of benzene rings is 1. The van der Waals surface area contributed by atoms with Crippen LogP contribution in [0, 0.1) is 11.8 Å². The first-order valence-corrected chi connectivity index (χ1v) is 10.9. The third-order valence-electron chi connectivity index (χ3n) is 5.39. The Labute approximate surface area is 178 Å². The van der Waals surface area contributed by atoms with Gasteiger partial charge in [0.15, 0.2) is 5.82 Å². The van der Waals surface area contributed by atoms with Gasteiger partial charge in [-0.2, -0.15) is 5.10 Å². The lowest BCUT2D eigenvalue weighted by Crippen LogP contribution is -2.26. The second kappa shape index (κ2) is 10.2. The molecule has 7 heteroatoms. The fraction of sp³-hybridized carbons (Fsp3) is 0.435. The quantitative estimate of drug-likeness (QED) is 0.687. The van der Waals surface area contributed by atoms with E-state index in [1.807, 2.05) is 64.2 Å². The Hall–Kier alpha value is -2.93. The predicted molar refractivity (Wildman–Crippen MR) is 121 cm³/mol. The van der Waals surface area contributed by atoms with Crippen LogP contribution in [0.1, 0.15) is 27.7 Å². The van der Waals surface area contributed by atoms with Gasteiger partial charge in [0.1, 0.15) is 5.75 Å². The summed E-state index contributed by atoms with van der Waals surface area (Å²) in [6.07, 6.45) is 3.54. The number of aromatic nitrogens is 4. The fourth-order valence-corrected chi connectivity index (χ4v) is 3.98. The third kappa shape index (κ3) is 4.46. The van der Waals surface area contributed by atoms with Crippen LogP contribution in [0.15, 0.2) is 48.8 Å². The van der Waals surface area contributed by atoms with Crippen molar-refractivity contribution in [3.63, 3.8) is 0 Å². The van der Waals surface area contributed by atoms with E-state index in [1.165, 1.54) is 0 Å². The SMILES string of the molecule is CC.CC.Oc1cc(-n2cccn2)ccc1-c1ccc(N2CC3CNCC3C2)nn1. The highest BCUT2D eigenvalue weighted by molar-refractivity contribution is 5.69. The van der Waals surface area contributed by atoms with Gasteiger partial charge in [-0.25, -0.2) is 4.68 Å². The number of phenolic OH excluding ortho intramolecular Hbond substituents is 1. The molecule has 2 saturated heterocycles. The Balaban J connectivity index is 0.000000606. The van der Waals surface area contributed by atoms with Gasteiger partial charge in [-0.15, -0.1) is 10.2 Å². The number of aromatic hydroxyl groups is 1. The van der Waals surface area contributed by atoms with E-state index in [4.69, 9.17) is 0 Å². The van der Waals surface area contributed by atoms with E-state index in [0.717, 1.165) is 49.5 Å². The van der Waals surface area contributed by atoms with Gasteiger partial charge < -0.3 is 15.3 Å². The number of fused-ring (bicyclic) bond motifs is 1. The summed E-state index contributed by atoms with van der Waals surface area (Å²) in [6, 6.07) is 11.2. The highest BCUT2D eigenvalue weighted by atomic mass is 16.3. The Morgan fingerprint density at radius 2 is 1.70 bits per heavy atom. The van der Waals surface area contributed by atoms with E-state index in [-0.39, 0.29) is 5.75 Å². The molecule has 2 aromatic heterocycles. The first-order valence-electron chi connectivity index (χ1n) is 10.9. The molecule has 0 spiro atoms. The lowest BCUT2D eigenvalue weighted by molar-refractivity contribution is 0.476. The average Bonchev–Trinajstić information content (AvgIpc) is 3.55. The van der Waals surface area contributed by atoms with E-state index in [9.17, 15) is 5.11 Å². The Morgan fingerprint density at radius 3 is 2.27 bits per heavy atom. The average molecular weight is 409 g/mol. The van der Waals surface area contributed by atoms with Crippen LogP contribution in [0.25, 0.3) is 16.9 Å². The number of nitrogens with one attached hydrogen (secondary N) is 1. The minimum atomic E-state index is 0.168. The molecule has 0 radical (unpaired) electrons. The summed E-state index contributed by atoms with van der Waals surface area (Å²) in [4.78, 5) is 2.31. The number of anilines is 1. The molecule has 4 heterocycles. The van der Waals surface area contributed by atoms with Gasteiger partial charge in [0.2, 0.25) is 0 Å². The molecule has 2 N–H and O–H groups in total.